The van der Waals surface area contributed by atoms with E-state index in [1.807, 2.05) is 4.90 Å². The molecule has 2 unspecified atom stereocenters. The van der Waals surface area contributed by atoms with Crippen LogP contribution in [0, 0.1) is 5.41 Å². The third kappa shape index (κ3) is 2.86. The van der Waals surface area contributed by atoms with Gasteiger partial charge < -0.3 is 15.4 Å². The summed E-state index contributed by atoms with van der Waals surface area (Å²) in [6, 6.07) is 0. The first-order valence-corrected chi connectivity index (χ1v) is 7.22. The van der Waals surface area contributed by atoms with Gasteiger partial charge in [0.2, 0.25) is 0 Å². The van der Waals surface area contributed by atoms with E-state index in [4.69, 9.17) is 10.5 Å². The molecular weight excluding hydrogens is 228 g/mol. The fourth-order valence-electron chi connectivity index (χ4n) is 2.88. The quantitative estimate of drug-likeness (QED) is 0.831. The van der Waals surface area contributed by atoms with Crippen LogP contribution in [0.15, 0.2) is 0 Å². The van der Waals surface area contributed by atoms with Crippen LogP contribution in [-0.2, 0) is 9.53 Å². The number of ether oxygens (including phenoxy) is 1. The number of nitrogens with zero attached hydrogens (tertiary/aromatic N) is 1. The molecule has 2 aliphatic heterocycles. The minimum absolute atomic E-state index is 0.0876. The second-order valence-corrected chi connectivity index (χ2v) is 6.05. The Kier molecular flexibility index (Phi) is 4.28. The molecule has 2 fully saturated rings. The van der Waals surface area contributed by atoms with Gasteiger partial charge in [-0.3, -0.25) is 4.79 Å². The van der Waals surface area contributed by atoms with E-state index >= 15 is 0 Å². The van der Waals surface area contributed by atoms with E-state index < -0.39 is 0 Å². The molecule has 18 heavy (non-hydrogen) atoms. The van der Waals surface area contributed by atoms with Gasteiger partial charge in [-0.15, -0.1) is 0 Å². The van der Waals surface area contributed by atoms with Crippen molar-refractivity contribution in [3.05, 3.63) is 0 Å². The number of piperidine rings is 1. The number of carbonyl (C=O) groups excluding carboxylic acids is 1. The van der Waals surface area contributed by atoms with Gasteiger partial charge in [-0.2, -0.15) is 0 Å². The van der Waals surface area contributed by atoms with Crippen LogP contribution in [0.1, 0.15) is 46.0 Å². The molecule has 0 radical (unpaired) electrons. The number of hydrogen-bond donors (Lipinski definition) is 1. The van der Waals surface area contributed by atoms with Crippen molar-refractivity contribution in [3.63, 3.8) is 0 Å². The standard InChI is InChI=1S/C14H26N2O2/c1-3-14(2)6-8-16(9-7-14)13(17)12-5-4-11(10-15)18-12/h11-12H,3-10,15H2,1-2H3. The molecule has 2 heterocycles. The number of likely N-dealkylation sites (tertiary alicyclic amines) is 1. The summed E-state index contributed by atoms with van der Waals surface area (Å²) in [7, 11) is 0. The number of amides is 1. The summed E-state index contributed by atoms with van der Waals surface area (Å²) in [6.07, 6.45) is 5.04. The largest absolute Gasteiger partial charge is 0.364 e. The molecule has 0 saturated carbocycles. The molecule has 2 rings (SSSR count). The lowest BCUT2D eigenvalue weighted by Crippen LogP contribution is -2.46. The van der Waals surface area contributed by atoms with E-state index in [0.717, 1.165) is 38.8 Å². The van der Waals surface area contributed by atoms with E-state index in [0.29, 0.717) is 12.0 Å². The smallest absolute Gasteiger partial charge is 0.251 e. The lowest BCUT2D eigenvalue weighted by atomic mass is 9.78. The van der Waals surface area contributed by atoms with E-state index in [2.05, 4.69) is 13.8 Å². The molecule has 2 atom stereocenters. The van der Waals surface area contributed by atoms with Gasteiger partial charge in [-0.25, -0.2) is 0 Å². The minimum atomic E-state index is -0.232. The molecule has 1 amide bonds. The van der Waals surface area contributed by atoms with Crippen molar-refractivity contribution in [2.24, 2.45) is 11.1 Å². The second-order valence-electron chi connectivity index (χ2n) is 6.05. The zero-order valence-electron chi connectivity index (χ0n) is 11.7. The Morgan fingerprint density at radius 3 is 2.56 bits per heavy atom. The van der Waals surface area contributed by atoms with Crippen LogP contribution in [0.4, 0.5) is 0 Å². The van der Waals surface area contributed by atoms with Crippen LogP contribution in [0.3, 0.4) is 0 Å². The fourth-order valence-corrected chi connectivity index (χ4v) is 2.88. The van der Waals surface area contributed by atoms with Crippen LogP contribution in [0.2, 0.25) is 0 Å². The minimum Gasteiger partial charge on any atom is -0.364 e. The first-order valence-electron chi connectivity index (χ1n) is 7.22. The summed E-state index contributed by atoms with van der Waals surface area (Å²) in [4.78, 5) is 14.3. The number of carbonyl (C=O) groups is 1. The topological polar surface area (TPSA) is 55.6 Å². The Bertz CT molecular complexity index is 298. The van der Waals surface area contributed by atoms with Crippen molar-refractivity contribution in [2.45, 2.75) is 58.2 Å². The van der Waals surface area contributed by atoms with Crippen LogP contribution in [0.5, 0.6) is 0 Å². The van der Waals surface area contributed by atoms with Crippen LogP contribution >= 0.6 is 0 Å². The molecule has 104 valence electrons. The van der Waals surface area contributed by atoms with Crippen molar-refractivity contribution in [2.75, 3.05) is 19.6 Å². The van der Waals surface area contributed by atoms with Crippen molar-refractivity contribution in [1.29, 1.82) is 0 Å². The summed E-state index contributed by atoms with van der Waals surface area (Å²) in [6.45, 7) is 6.86. The molecule has 0 spiro atoms. The predicted octanol–water partition coefficient (Wildman–Crippen LogP) is 1.53. The third-order valence-corrected chi connectivity index (χ3v) is 4.78. The first kappa shape index (κ1) is 13.8. The molecule has 0 aromatic heterocycles. The number of nitrogens with two attached hydrogens (primary N) is 1. The third-order valence-electron chi connectivity index (χ3n) is 4.78. The molecule has 4 heteroatoms. The molecule has 0 aromatic carbocycles. The van der Waals surface area contributed by atoms with Gasteiger partial charge in [-0.05, 0) is 31.1 Å². The van der Waals surface area contributed by atoms with E-state index in [-0.39, 0.29) is 18.1 Å². The van der Waals surface area contributed by atoms with Crippen LogP contribution < -0.4 is 5.73 Å². The summed E-state index contributed by atoms with van der Waals surface area (Å²) < 4.78 is 5.69. The van der Waals surface area contributed by atoms with Crippen molar-refractivity contribution in [1.82, 2.24) is 4.90 Å². The van der Waals surface area contributed by atoms with Gasteiger partial charge in [0.25, 0.3) is 5.91 Å². The Morgan fingerprint density at radius 1 is 1.39 bits per heavy atom. The summed E-state index contributed by atoms with van der Waals surface area (Å²) in [5.74, 6) is 0.184. The zero-order chi connectivity index (χ0) is 13.2. The van der Waals surface area contributed by atoms with Gasteiger partial charge in [0.05, 0.1) is 6.10 Å². The maximum Gasteiger partial charge on any atom is 0.251 e. The Morgan fingerprint density at radius 2 is 2.06 bits per heavy atom. The van der Waals surface area contributed by atoms with Gasteiger partial charge in [0, 0.05) is 19.6 Å². The monoisotopic (exact) mass is 254 g/mol. The maximum atomic E-state index is 12.3. The van der Waals surface area contributed by atoms with E-state index in [1.54, 1.807) is 0 Å². The summed E-state index contributed by atoms with van der Waals surface area (Å²) in [5.41, 5.74) is 6.00. The van der Waals surface area contributed by atoms with Crippen LogP contribution in [0.25, 0.3) is 0 Å². The Labute approximate surface area is 110 Å². The molecular formula is C14H26N2O2. The van der Waals surface area contributed by atoms with Gasteiger partial charge in [-0.1, -0.05) is 20.3 Å². The van der Waals surface area contributed by atoms with E-state index in [9.17, 15) is 4.79 Å². The fraction of sp³-hybridized carbons (Fsp3) is 0.929. The lowest BCUT2D eigenvalue weighted by molar-refractivity contribution is -0.145. The second kappa shape index (κ2) is 5.57. The molecule has 0 bridgehead atoms. The normalized spacial score (nSPS) is 31.6. The molecule has 2 N–H and O–H groups in total. The average Bonchev–Trinajstić information content (AvgIpc) is 2.87. The molecule has 0 aliphatic carbocycles. The summed E-state index contributed by atoms with van der Waals surface area (Å²) in [5, 5.41) is 0. The van der Waals surface area contributed by atoms with Crippen molar-refractivity contribution >= 4 is 5.91 Å². The van der Waals surface area contributed by atoms with Crippen LogP contribution in [-0.4, -0.2) is 42.6 Å². The first-order chi connectivity index (χ1) is 8.58. The Balaban J connectivity index is 1.85. The highest BCUT2D eigenvalue weighted by Gasteiger charge is 2.36. The maximum absolute atomic E-state index is 12.3. The van der Waals surface area contributed by atoms with E-state index in [1.165, 1.54) is 6.42 Å². The van der Waals surface area contributed by atoms with Crippen molar-refractivity contribution in [3.8, 4) is 0 Å². The van der Waals surface area contributed by atoms with Gasteiger partial charge in [0.15, 0.2) is 0 Å². The highest BCUT2D eigenvalue weighted by atomic mass is 16.5. The number of hydrogen-bond acceptors (Lipinski definition) is 3. The molecule has 4 nitrogen and oxygen atoms in total. The Hall–Kier alpha value is -0.610. The van der Waals surface area contributed by atoms with Crippen molar-refractivity contribution < 1.29 is 9.53 Å². The predicted molar refractivity (Wildman–Crippen MR) is 71.2 cm³/mol. The molecule has 2 aliphatic rings. The molecule has 2 saturated heterocycles. The zero-order valence-corrected chi connectivity index (χ0v) is 11.7. The SMILES string of the molecule is CCC1(C)CCN(C(=O)C2CCC(CN)O2)CC1. The highest BCUT2D eigenvalue weighted by molar-refractivity contribution is 5.81. The lowest BCUT2D eigenvalue weighted by Gasteiger charge is -2.39. The summed E-state index contributed by atoms with van der Waals surface area (Å²) >= 11 is 0. The van der Waals surface area contributed by atoms with Gasteiger partial charge >= 0.3 is 0 Å². The number of rotatable bonds is 3. The van der Waals surface area contributed by atoms with Gasteiger partial charge in [0.1, 0.15) is 6.10 Å². The molecule has 0 aromatic rings. The average molecular weight is 254 g/mol. The highest BCUT2D eigenvalue weighted by Crippen LogP contribution is 2.34.